The molecule has 2 heterocycles. The number of carbonyl (C=O) groups is 3. The molecule has 2 aliphatic heterocycles. The number of amides is 4. The molecule has 0 atom stereocenters. The number of hydrogen-bond donors (Lipinski definition) is 2. The number of nitrogens with zero attached hydrogens (tertiary/aromatic N) is 2. The van der Waals surface area contributed by atoms with E-state index in [1.807, 2.05) is 15.5 Å². The Labute approximate surface area is 141 Å². The predicted molar refractivity (Wildman–Crippen MR) is 85.8 cm³/mol. The molecule has 1 aromatic carbocycles. The maximum absolute atomic E-state index is 11.9. The van der Waals surface area contributed by atoms with Crippen molar-refractivity contribution in [3.05, 3.63) is 39.4 Å². The summed E-state index contributed by atoms with van der Waals surface area (Å²) in [6, 6.07) is 3.31. The average molecular weight is 346 g/mol. The maximum Gasteiger partial charge on any atom is 0.328 e. The molecular weight excluding hydrogens is 332 g/mol. The Kier molecular flexibility index (Phi) is 4.44. The first kappa shape index (κ1) is 16.6. The van der Waals surface area contributed by atoms with Crippen LogP contribution >= 0.6 is 0 Å². The minimum Gasteiger partial charge on any atom is -0.378 e. The number of rotatable bonds is 3. The lowest BCUT2D eigenvalue weighted by Gasteiger charge is -2.30. The molecule has 10 nitrogen and oxygen atoms in total. The lowest BCUT2D eigenvalue weighted by molar-refractivity contribution is -0.384. The summed E-state index contributed by atoms with van der Waals surface area (Å²) >= 11 is 0. The standard InChI is InChI=1S/C15H14N4O6/c20-13-11(14(21)17-15(22)16-13)8-9-7-10(19(23)24)1-2-12(9)18-3-5-25-6-4-18/h1-2,7-8H,3-6H2,(H2,16,17,20,21,22). The Bertz CT molecular complexity index is 775. The zero-order chi connectivity index (χ0) is 18.0. The van der Waals surface area contributed by atoms with Crippen molar-refractivity contribution in [1.29, 1.82) is 0 Å². The number of urea groups is 1. The summed E-state index contributed by atoms with van der Waals surface area (Å²) in [6.45, 7) is 2.15. The van der Waals surface area contributed by atoms with Crippen LogP contribution in [0.3, 0.4) is 0 Å². The Balaban J connectivity index is 2.05. The summed E-state index contributed by atoms with van der Waals surface area (Å²) in [7, 11) is 0. The van der Waals surface area contributed by atoms with Gasteiger partial charge in [-0.05, 0) is 12.1 Å². The number of benzene rings is 1. The van der Waals surface area contributed by atoms with Crippen LogP contribution in [0.5, 0.6) is 0 Å². The number of morpholine rings is 1. The molecule has 4 amide bonds. The van der Waals surface area contributed by atoms with Crippen molar-refractivity contribution in [2.75, 3.05) is 31.2 Å². The highest BCUT2D eigenvalue weighted by Gasteiger charge is 2.28. The zero-order valence-corrected chi connectivity index (χ0v) is 13.0. The van der Waals surface area contributed by atoms with Crippen molar-refractivity contribution in [3.63, 3.8) is 0 Å². The van der Waals surface area contributed by atoms with E-state index in [9.17, 15) is 24.5 Å². The maximum atomic E-state index is 11.9. The van der Waals surface area contributed by atoms with Crippen molar-refractivity contribution >= 4 is 35.3 Å². The molecule has 0 aromatic heterocycles. The summed E-state index contributed by atoms with van der Waals surface area (Å²) < 4.78 is 5.29. The van der Waals surface area contributed by atoms with Gasteiger partial charge in [0.25, 0.3) is 17.5 Å². The molecule has 3 rings (SSSR count). The van der Waals surface area contributed by atoms with E-state index < -0.39 is 22.8 Å². The molecule has 130 valence electrons. The molecule has 25 heavy (non-hydrogen) atoms. The fourth-order valence-corrected chi connectivity index (χ4v) is 2.63. The van der Waals surface area contributed by atoms with Gasteiger partial charge in [-0.25, -0.2) is 4.79 Å². The number of hydrogen-bond acceptors (Lipinski definition) is 7. The van der Waals surface area contributed by atoms with Crippen LogP contribution in [-0.4, -0.2) is 49.1 Å². The zero-order valence-electron chi connectivity index (χ0n) is 13.0. The molecule has 0 bridgehead atoms. The number of barbiturate groups is 1. The summed E-state index contributed by atoms with van der Waals surface area (Å²) in [5.41, 5.74) is 0.510. The molecule has 10 heteroatoms. The number of anilines is 1. The van der Waals surface area contributed by atoms with Gasteiger partial charge in [-0.15, -0.1) is 0 Å². The van der Waals surface area contributed by atoms with Crippen molar-refractivity contribution in [1.82, 2.24) is 10.6 Å². The van der Waals surface area contributed by atoms with Crippen LogP contribution in [0.1, 0.15) is 5.56 Å². The van der Waals surface area contributed by atoms with Crippen LogP contribution < -0.4 is 15.5 Å². The van der Waals surface area contributed by atoms with Crippen LogP contribution in [0, 0.1) is 10.1 Å². The third-order valence-corrected chi connectivity index (χ3v) is 3.82. The summed E-state index contributed by atoms with van der Waals surface area (Å²) in [5.74, 6) is -1.71. The highest BCUT2D eigenvalue weighted by molar-refractivity contribution is 6.31. The summed E-state index contributed by atoms with van der Waals surface area (Å²) in [6.07, 6.45) is 1.24. The van der Waals surface area contributed by atoms with Crippen molar-refractivity contribution in [2.45, 2.75) is 0 Å². The van der Waals surface area contributed by atoms with Gasteiger partial charge >= 0.3 is 6.03 Å². The second kappa shape index (κ2) is 6.69. The normalized spacial score (nSPS) is 17.8. The monoisotopic (exact) mass is 346 g/mol. The van der Waals surface area contributed by atoms with Crippen LogP contribution in [0.15, 0.2) is 23.8 Å². The molecule has 1 aromatic rings. The van der Waals surface area contributed by atoms with Crippen molar-refractivity contribution < 1.29 is 24.0 Å². The first-order valence-electron chi connectivity index (χ1n) is 7.45. The number of carbonyl (C=O) groups excluding carboxylic acids is 3. The fraction of sp³-hybridized carbons (Fsp3) is 0.267. The topological polar surface area (TPSA) is 131 Å². The predicted octanol–water partition coefficient (Wildman–Crippen LogP) is 0.181. The van der Waals surface area contributed by atoms with Crippen LogP contribution in [0.25, 0.3) is 6.08 Å². The van der Waals surface area contributed by atoms with Gasteiger partial charge in [-0.1, -0.05) is 0 Å². The van der Waals surface area contributed by atoms with Crippen LogP contribution in [0.4, 0.5) is 16.2 Å². The molecule has 2 saturated heterocycles. The Hall–Kier alpha value is -3.27. The van der Waals surface area contributed by atoms with E-state index in [0.29, 0.717) is 37.6 Å². The molecule has 0 unspecified atom stereocenters. The van der Waals surface area contributed by atoms with E-state index in [1.54, 1.807) is 6.07 Å². The molecule has 0 saturated carbocycles. The lowest BCUT2D eigenvalue weighted by atomic mass is 10.0. The number of ether oxygens (including phenoxy) is 1. The molecule has 0 radical (unpaired) electrons. The molecule has 2 aliphatic rings. The highest BCUT2D eigenvalue weighted by Crippen LogP contribution is 2.28. The van der Waals surface area contributed by atoms with Gasteiger partial charge in [-0.2, -0.15) is 0 Å². The SMILES string of the molecule is O=C1NC(=O)C(=Cc2cc([N+](=O)[O-])ccc2N2CCOCC2)C(=O)N1. The first-order valence-corrected chi connectivity index (χ1v) is 7.45. The largest absolute Gasteiger partial charge is 0.378 e. The van der Waals surface area contributed by atoms with Gasteiger partial charge in [-0.3, -0.25) is 30.3 Å². The fourth-order valence-electron chi connectivity index (χ4n) is 2.63. The van der Waals surface area contributed by atoms with E-state index in [4.69, 9.17) is 4.74 Å². The van der Waals surface area contributed by atoms with E-state index >= 15 is 0 Å². The Morgan fingerprint density at radius 3 is 2.36 bits per heavy atom. The molecule has 2 N–H and O–H groups in total. The van der Waals surface area contributed by atoms with Gasteiger partial charge in [0.1, 0.15) is 5.57 Å². The second-order valence-corrected chi connectivity index (χ2v) is 5.40. The smallest absolute Gasteiger partial charge is 0.328 e. The molecule has 0 aliphatic carbocycles. The number of nitro benzene ring substituents is 1. The summed E-state index contributed by atoms with van der Waals surface area (Å²) in [5, 5.41) is 15.0. The molecule has 0 spiro atoms. The molecule has 2 fully saturated rings. The van der Waals surface area contributed by atoms with E-state index in [-0.39, 0.29) is 11.3 Å². The first-order chi connectivity index (χ1) is 12.0. The number of nitro groups is 1. The van der Waals surface area contributed by atoms with Gasteiger partial charge < -0.3 is 9.64 Å². The second-order valence-electron chi connectivity index (χ2n) is 5.40. The number of nitrogens with one attached hydrogen (secondary N) is 2. The minimum atomic E-state index is -0.903. The Morgan fingerprint density at radius 2 is 1.76 bits per heavy atom. The van der Waals surface area contributed by atoms with Gasteiger partial charge in [0, 0.05) is 36.5 Å². The third kappa shape index (κ3) is 3.48. The molecular formula is C15H14N4O6. The van der Waals surface area contributed by atoms with Gasteiger partial charge in [0.05, 0.1) is 18.1 Å². The summed E-state index contributed by atoms with van der Waals surface area (Å²) in [4.78, 5) is 47.4. The quantitative estimate of drug-likeness (QED) is 0.345. The lowest BCUT2D eigenvalue weighted by Crippen LogP contribution is -2.51. The number of non-ortho nitro benzene ring substituents is 1. The van der Waals surface area contributed by atoms with E-state index in [0.717, 1.165) is 0 Å². The Morgan fingerprint density at radius 1 is 1.12 bits per heavy atom. The average Bonchev–Trinajstić information content (AvgIpc) is 2.58. The van der Waals surface area contributed by atoms with Crippen molar-refractivity contribution in [3.8, 4) is 0 Å². The van der Waals surface area contributed by atoms with Crippen LogP contribution in [0.2, 0.25) is 0 Å². The van der Waals surface area contributed by atoms with Gasteiger partial charge in [0.15, 0.2) is 0 Å². The van der Waals surface area contributed by atoms with Crippen molar-refractivity contribution in [2.24, 2.45) is 0 Å². The highest BCUT2D eigenvalue weighted by atomic mass is 16.6. The van der Waals surface area contributed by atoms with Gasteiger partial charge in [0.2, 0.25) is 0 Å². The minimum absolute atomic E-state index is 0.170. The number of imide groups is 2. The third-order valence-electron chi connectivity index (χ3n) is 3.82. The van der Waals surface area contributed by atoms with Crippen LogP contribution in [-0.2, 0) is 14.3 Å². The van der Waals surface area contributed by atoms with E-state index in [2.05, 4.69) is 0 Å². The van der Waals surface area contributed by atoms with E-state index in [1.165, 1.54) is 18.2 Å².